The molecule has 0 aliphatic heterocycles. The van der Waals surface area contributed by atoms with Crippen LogP contribution in [0, 0.1) is 0 Å². The standard InChI is InChI=1S/C12H22O/c1-5-6-9-12(4,13)10-7-8-11(2)3/h6,8-9,13H,5,7,10H2,1-4H3/b9-6+. The lowest BCUT2D eigenvalue weighted by molar-refractivity contribution is 0.103. The summed E-state index contributed by atoms with van der Waals surface area (Å²) in [5, 5.41) is 9.84. The number of allylic oxidation sites excluding steroid dienone is 3. The third kappa shape index (κ3) is 7.79. The van der Waals surface area contributed by atoms with Crippen LogP contribution < -0.4 is 0 Å². The van der Waals surface area contributed by atoms with E-state index in [1.54, 1.807) is 0 Å². The SMILES string of the molecule is CC/C=C/C(C)(O)CCC=C(C)C. The second-order valence-corrected chi connectivity index (χ2v) is 3.99. The Kier molecular flexibility index (Phi) is 5.72. The molecule has 1 heteroatoms. The zero-order valence-electron chi connectivity index (χ0n) is 9.30. The highest BCUT2D eigenvalue weighted by molar-refractivity contribution is 5.00. The minimum atomic E-state index is -0.637. The Morgan fingerprint density at radius 3 is 2.46 bits per heavy atom. The molecule has 0 heterocycles. The molecular formula is C12H22O. The molecule has 0 aromatic rings. The van der Waals surface area contributed by atoms with Crippen molar-refractivity contribution in [3.8, 4) is 0 Å². The maximum absolute atomic E-state index is 9.84. The molecule has 0 aromatic heterocycles. The zero-order chi connectivity index (χ0) is 10.3. The highest BCUT2D eigenvalue weighted by atomic mass is 16.3. The first-order chi connectivity index (χ1) is 5.98. The summed E-state index contributed by atoms with van der Waals surface area (Å²) in [6.07, 6.45) is 8.81. The normalized spacial score (nSPS) is 15.8. The van der Waals surface area contributed by atoms with E-state index in [0.717, 1.165) is 19.3 Å². The molecule has 0 bridgehead atoms. The lowest BCUT2D eigenvalue weighted by atomic mass is 9.98. The average molecular weight is 182 g/mol. The first kappa shape index (κ1) is 12.4. The van der Waals surface area contributed by atoms with Gasteiger partial charge in [-0.3, -0.25) is 0 Å². The van der Waals surface area contributed by atoms with E-state index in [0.29, 0.717) is 0 Å². The van der Waals surface area contributed by atoms with Gasteiger partial charge in [-0.1, -0.05) is 30.7 Å². The summed E-state index contributed by atoms with van der Waals surface area (Å²) in [7, 11) is 0. The third-order valence-corrected chi connectivity index (χ3v) is 1.92. The van der Waals surface area contributed by atoms with Crippen LogP contribution in [-0.4, -0.2) is 10.7 Å². The Bertz CT molecular complexity index is 183. The Labute approximate surface area is 82.2 Å². The molecular weight excluding hydrogens is 160 g/mol. The maximum atomic E-state index is 9.84. The van der Waals surface area contributed by atoms with Crippen molar-refractivity contribution in [2.24, 2.45) is 0 Å². The highest BCUT2D eigenvalue weighted by Crippen LogP contribution is 2.15. The Morgan fingerprint density at radius 1 is 1.38 bits per heavy atom. The topological polar surface area (TPSA) is 20.2 Å². The molecule has 1 unspecified atom stereocenters. The average Bonchev–Trinajstić information content (AvgIpc) is 2.00. The predicted molar refractivity (Wildman–Crippen MR) is 58.7 cm³/mol. The van der Waals surface area contributed by atoms with E-state index in [1.165, 1.54) is 5.57 Å². The van der Waals surface area contributed by atoms with E-state index in [-0.39, 0.29) is 0 Å². The summed E-state index contributed by atoms with van der Waals surface area (Å²) < 4.78 is 0. The molecule has 76 valence electrons. The van der Waals surface area contributed by atoms with Crippen molar-refractivity contribution >= 4 is 0 Å². The monoisotopic (exact) mass is 182 g/mol. The molecule has 1 atom stereocenters. The molecule has 1 N–H and O–H groups in total. The second kappa shape index (κ2) is 5.98. The highest BCUT2D eigenvalue weighted by Gasteiger charge is 2.13. The molecule has 0 aromatic carbocycles. The molecule has 13 heavy (non-hydrogen) atoms. The van der Waals surface area contributed by atoms with Crippen molar-refractivity contribution in [2.45, 2.75) is 52.6 Å². The molecule has 0 saturated carbocycles. The van der Waals surface area contributed by atoms with E-state index in [9.17, 15) is 5.11 Å². The van der Waals surface area contributed by atoms with Crippen molar-refractivity contribution in [1.82, 2.24) is 0 Å². The lowest BCUT2D eigenvalue weighted by Gasteiger charge is -2.17. The van der Waals surface area contributed by atoms with Crippen molar-refractivity contribution in [2.75, 3.05) is 0 Å². The molecule has 0 aliphatic carbocycles. The fraction of sp³-hybridized carbons (Fsp3) is 0.667. The van der Waals surface area contributed by atoms with Gasteiger partial charge >= 0.3 is 0 Å². The molecule has 1 nitrogen and oxygen atoms in total. The van der Waals surface area contributed by atoms with Gasteiger partial charge in [0.05, 0.1) is 5.60 Å². The van der Waals surface area contributed by atoms with Crippen LogP contribution in [-0.2, 0) is 0 Å². The van der Waals surface area contributed by atoms with E-state index >= 15 is 0 Å². The van der Waals surface area contributed by atoms with Crippen molar-refractivity contribution < 1.29 is 5.11 Å². The van der Waals surface area contributed by atoms with Crippen molar-refractivity contribution in [3.05, 3.63) is 23.8 Å². The van der Waals surface area contributed by atoms with Gasteiger partial charge in [0.15, 0.2) is 0 Å². The summed E-state index contributed by atoms with van der Waals surface area (Å²) in [5.74, 6) is 0. The number of hydrogen-bond donors (Lipinski definition) is 1. The number of hydrogen-bond acceptors (Lipinski definition) is 1. The number of rotatable bonds is 5. The van der Waals surface area contributed by atoms with Crippen LogP contribution in [0.2, 0.25) is 0 Å². The summed E-state index contributed by atoms with van der Waals surface area (Å²) in [4.78, 5) is 0. The van der Waals surface area contributed by atoms with Gasteiger partial charge in [-0.2, -0.15) is 0 Å². The van der Waals surface area contributed by atoms with Gasteiger partial charge < -0.3 is 5.11 Å². The van der Waals surface area contributed by atoms with E-state index in [1.807, 2.05) is 19.1 Å². The van der Waals surface area contributed by atoms with Gasteiger partial charge in [0.25, 0.3) is 0 Å². The van der Waals surface area contributed by atoms with Gasteiger partial charge in [0.1, 0.15) is 0 Å². The van der Waals surface area contributed by atoms with Crippen LogP contribution in [0.3, 0.4) is 0 Å². The van der Waals surface area contributed by atoms with Gasteiger partial charge in [0.2, 0.25) is 0 Å². The summed E-state index contributed by atoms with van der Waals surface area (Å²) in [6, 6.07) is 0. The Hall–Kier alpha value is -0.560. The van der Waals surface area contributed by atoms with E-state index in [4.69, 9.17) is 0 Å². The largest absolute Gasteiger partial charge is 0.386 e. The molecule has 0 saturated heterocycles. The van der Waals surface area contributed by atoms with Crippen molar-refractivity contribution in [1.29, 1.82) is 0 Å². The minimum absolute atomic E-state index is 0.637. The Balaban J connectivity index is 3.89. The molecule has 0 rings (SSSR count). The smallest absolute Gasteiger partial charge is 0.0802 e. The van der Waals surface area contributed by atoms with Gasteiger partial charge in [-0.25, -0.2) is 0 Å². The predicted octanol–water partition coefficient (Wildman–Crippen LogP) is 3.45. The zero-order valence-corrected chi connectivity index (χ0v) is 9.30. The van der Waals surface area contributed by atoms with Crippen LogP contribution in [0.4, 0.5) is 0 Å². The summed E-state index contributed by atoms with van der Waals surface area (Å²) in [6.45, 7) is 8.09. The number of aliphatic hydroxyl groups is 1. The fourth-order valence-electron chi connectivity index (χ4n) is 1.11. The summed E-state index contributed by atoms with van der Waals surface area (Å²) in [5.41, 5.74) is 0.678. The van der Waals surface area contributed by atoms with Crippen LogP contribution >= 0.6 is 0 Å². The fourth-order valence-corrected chi connectivity index (χ4v) is 1.11. The molecule has 0 amide bonds. The minimum Gasteiger partial charge on any atom is -0.386 e. The van der Waals surface area contributed by atoms with E-state index < -0.39 is 5.60 Å². The third-order valence-electron chi connectivity index (χ3n) is 1.92. The first-order valence-electron chi connectivity index (χ1n) is 5.01. The van der Waals surface area contributed by atoms with Gasteiger partial charge in [-0.05, 0) is 40.0 Å². The van der Waals surface area contributed by atoms with Crippen LogP contribution in [0.1, 0.15) is 47.0 Å². The van der Waals surface area contributed by atoms with E-state index in [2.05, 4.69) is 26.8 Å². The first-order valence-corrected chi connectivity index (χ1v) is 5.01. The van der Waals surface area contributed by atoms with Gasteiger partial charge in [-0.15, -0.1) is 0 Å². The molecule has 0 radical (unpaired) electrons. The maximum Gasteiger partial charge on any atom is 0.0802 e. The lowest BCUT2D eigenvalue weighted by Crippen LogP contribution is -2.19. The van der Waals surface area contributed by atoms with Crippen LogP contribution in [0.25, 0.3) is 0 Å². The molecule has 0 aliphatic rings. The van der Waals surface area contributed by atoms with Gasteiger partial charge in [0, 0.05) is 0 Å². The molecule has 0 spiro atoms. The quantitative estimate of drug-likeness (QED) is 0.646. The molecule has 0 fully saturated rings. The van der Waals surface area contributed by atoms with Crippen molar-refractivity contribution in [3.63, 3.8) is 0 Å². The summed E-state index contributed by atoms with van der Waals surface area (Å²) >= 11 is 0. The van der Waals surface area contributed by atoms with Crippen LogP contribution in [0.15, 0.2) is 23.8 Å². The second-order valence-electron chi connectivity index (χ2n) is 3.99. The van der Waals surface area contributed by atoms with Crippen LogP contribution in [0.5, 0.6) is 0 Å². The Morgan fingerprint density at radius 2 is 2.00 bits per heavy atom.